The highest BCUT2D eigenvalue weighted by molar-refractivity contribution is 5.79. The lowest BCUT2D eigenvalue weighted by Gasteiger charge is -2.39. The number of hydrogen-bond donors (Lipinski definition) is 2. The van der Waals surface area contributed by atoms with Gasteiger partial charge in [-0.15, -0.1) is 0 Å². The minimum Gasteiger partial charge on any atom is -0.481 e. The molecule has 2 aliphatic heterocycles. The zero-order chi connectivity index (χ0) is 13.9. The summed E-state index contributed by atoms with van der Waals surface area (Å²) in [5.41, 5.74) is -0.776. The average molecular weight is 270 g/mol. The Labute approximate surface area is 113 Å². The molecular formula is C13H22N2O4. The molecule has 2 heterocycles. The summed E-state index contributed by atoms with van der Waals surface area (Å²) in [7, 11) is 0. The second kappa shape index (κ2) is 5.77. The van der Waals surface area contributed by atoms with Crippen LogP contribution in [0, 0.1) is 5.41 Å². The Morgan fingerprint density at radius 1 is 1.53 bits per heavy atom. The fourth-order valence-corrected chi connectivity index (χ4v) is 2.83. The summed E-state index contributed by atoms with van der Waals surface area (Å²) in [6.45, 7) is 4.05. The molecule has 2 fully saturated rings. The van der Waals surface area contributed by atoms with Crippen LogP contribution in [0.4, 0.5) is 4.79 Å². The summed E-state index contributed by atoms with van der Waals surface area (Å²) in [5, 5.41) is 12.3. The molecule has 2 unspecified atom stereocenters. The van der Waals surface area contributed by atoms with Crippen molar-refractivity contribution in [2.45, 2.75) is 38.6 Å². The number of carboxylic acids is 1. The molecule has 0 aromatic heterocycles. The third kappa shape index (κ3) is 3.00. The number of amides is 2. The minimum absolute atomic E-state index is 0.0651. The zero-order valence-corrected chi connectivity index (χ0v) is 11.4. The number of nitrogens with zero attached hydrogens (tertiary/aromatic N) is 1. The van der Waals surface area contributed by atoms with Crippen LogP contribution in [0.25, 0.3) is 0 Å². The third-order valence-electron chi connectivity index (χ3n) is 4.25. The van der Waals surface area contributed by atoms with Gasteiger partial charge in [-0.05, 0) is 25.7 Å². The zero-order valence-electron chi connectivity index (χ0n) is 11.4. The summed E-state index contributed by atoms with van der Waals surface area (Å²) < 4.78 is 5.22. The topological polar surface area (TPSA) is 78.9 Å². The Morgan fingerprint density at radius 3 is 2.89 bits per heavy atom. The second-order valence-corrected chi connectivity index (χ2v) is 5.47. The molecule has 0 aromatic carbocycles. The lowest BCUT2D eigenvalue weighted by atomic mass is 9.78. The lowest BCUT2D eigenvalue weighted by Crippen LogP contribution is -2.54. The van der Waals surface area contributed by atoms with Gasteiger partial charge in [-0.2, -0.15) is 0 Å². The molecule has 0 radical (unpaired) electrons. The Balaban J connectivity index is 1.96. The molecule has 2 saturated heterocycles. The highest BCUT2D eigenvalue weighted by Crippen LogP contribution is 2.33. The fourth-order valence-electron chi connectivity index (χ4n) is 2.83. The van der Waals surface area contributed by atoms with Crippen molar-refractivity contribution >= 4 is 12.0 Å². The number of carboxylic acid groups (broad SMARTS) is 1. The van der Waals surface area contributed by atoms with Crippen LogP contribution in [0.3, 0.4) is 0 Å². The molecule has 108 valence electrons. The first kappa shape index (κ1) is 14.1. The molecule has 0 saturated carbocycles. The van der Waals surface area contributed by atoms with Gasteiger partial charge in [-0.3, -0.25) is 4.79 Å². The predicted octanol–water partition coefficient (Wildman–Crippen LogP) is 1.06. The molecule has 0 aliphatic carbocycles. The van der Waals surface area contributed by atoms with Gasteiger partial charge in [-0.25, -0.2) is 4.79 Å². The average Bonchev–Trinajstić information content (AvgIpc) is 2.91. The maximum Gasteiger partial charge on any atom is 0.317 e. The van der Waals surface area contributed by atoms with E-state index < -0.39 is 11.4 Å². The van der Waals surface area contributed by atoms with Gasteiger partial charge in [0.1, 0.15) is 0 Å². The molecule has 2 N–H and O–H groups in total. The van der Waals surface area contributed by atoms with Crippen molar-refractivity contribution in [2.24, 2.45) is 5.41 Å². The second-order valence-electron chi connectivity index (χ2n) is 5.47. The van der Waals surface area contributed by atoms with E-state index in [0.717, 1.165) is 12.8 Å². The summed E-state index contributed by atoms with van der Waals surface area (Å²) >= 11 is 0. The quantitative estimate of drug-likeness (QED) is 0.803. The number of carbonyl (C=O) groups is 2. The van der Waals surface area contributed by atoms with Crippen molar-refractivity contribution in [1.29, 1.82) is 0 Å². The number of hydrogen-bond acceptors (Lipinski definition) is 3. The number of aliphatic carboxylic acids is 1. The number of likely N-dealkylation sites (tertiary alicyclic amines) is 1. The first-order valence-electron chi connectivity index (χ1n) is 6.94. The van der Waals surface area contributed by atoms with E-state index in [-0.39, 0.29) is 12.1 Å². The summed E-state index contributed by atoms with van der Waals surface area (Å²) in [6, 6.07) is -0.0930. The van der Waals surface area contributed by atoms with Crippen LogP contribution in [0.15, 0.2) is 0 Å². The summed E-state index contributed by atoms with van der Waals surface area (Å²) in [6.07, 6.45) is 2.78. The van der Waals surface area contributed by atoms with Crippen LogP contribution in [0.2, 0.25) is 0 Å². The van der Waals surface area contributed by atoms with Crippen LogP contribution in [-0.4, -0.2) is 54.4 Å². The van der Waals surface area contributed by atoms with Crippen LogP contribution in [0.1, 0.15) is 32.6 Å². The summed E-state index contributed by atoms with van der Waals surface area (Å²) in [4.78, 5) is 25.2. The Kier molecular flexibility index (Phi) is 4.29. The number of piperidine rings is 1. The molecule has 2 rings (SSSR count). The van der Waals surface area contributed by atoms with Crippen molar-refractivity contribution in [1.82, 2.24) is 10.2 Å². The van der Waals surface area contributed by atoms with E-state index in [0.29, 0.717) is 39.1 Å². The molecule has 2 atom stereocenters. The van der Waals surface area contributed by atoms with Gasteiger partial charge < -0.3 is 20.1 Å². The maximum atomic E-state index is 12.1. The van der Waals surface area contributed by atoms with E-state index in [2.05, 4.69) is 5.32 Å². The highest BCUT2D eigenvalue weighted by atomic mass is 16.5. The first-order valence-corrected chi connectivity index (χ1v) is 6.94. The van der Waals surface area contributed by atoms with Crippen molar-refractivity contribution in [3.63, 3.8) is 0 Å². The Bertz CT molecular complexity index is 355. The SMILES string of the molecule is CCC1(C(=O)O)CCCN(C(=O)NC2CCOC2)C1. The molecule has 6 nitrogen and oxygen atoms in total. The van der Waals surface area contributed by atoms with Crippen LogP contribution in [0.5, 0.6) is 0 Å². The van der Waals surface area contributed by atoms with Crippen LogP contribution in [-0.2, 0) is 9.53 Å². The number of urea groups is 1. The molecule has 0 aromatic rings. The smallest absolute Gasteiger partial charge is 0.317 e. The van der Waals surface area contributed by atoms with Gasteiger partial charge in [0.15, 0.2) is 0 Å². The Hall–Kier alpha value is -1.30. The first-order chi connectivity index (χ1) is 9.07. The molecule has 2 aliphatic rings. The van der Waals surface area contributed by atoms with Gasteiger partial charge in [0.25, 0.3) is 0 Å². The molecule has 2 amide bonds. The van der Waals surface area contributed by atoms with Crippen LogP contribution < -0.4 is 5.32 Å². The molecular weight excluding hydrogens is 248 g/mol. The Morgan fingerprint density at radius 2 is 2.32 bits per heavy atom. The van der Waals surface area contributed by atoms with Crippen molar-refractivity contribution in [3.8, 4) is 0 Å². The molecule has 0 spiro atoms. The number of carbonyl (C=O) groups excluding carboxylic acids is 1. The van der Waals surface area contributed by atoms with Gasteiger partial charge >= 0.3 is 12.0 Å². The van der Waals surface area contributed by atoms with E-state index in [1.54, 1.807) is 4.90 Å². The normalized spacial score (nSPS) is 31.2. The van der Waals surface area contributed by atoms with Gasteiger partial charge in [0, 0.05) is 19.7 Å². The van der Waals surface area contributed by atoms with Gasteiger partial charge in [-0.1, -0.05) is 6.92 Å². The largest absolute Gasteiger partial charge is 0.481 e. The van der Waals surface area contributed by atoms with E-state index >= 15 is 0 Å². The predicted molar refractivity (Wildman–Crippen MR) is 68.9 cm³/mol. The maximum absolute atomic E-state index is 12.1. The van der Waals surface area contributed by atoms with Crippen molar-refractivity contribution in [3.05, 3.63) is 0 Å². The lowest BCUT2D eigenvalue weighted by molar-refractivity contribution is -0.152. The fraction of sp³-hybridized carbons (Fsp3) is 0.846. The third-order valence-corrected chi connectivity index (χ3v) is 4.25. The van der Waals surface area contributed by atoms with Gasteiger partial charge in [0.05, 0.1) is 18.1 Å². The molecule has 19 heavy (non-hydrogen) atoms. The van der Waals surface area contributed by atoms with Gasteiger partial charge in [0.2, 0.25) is 0 Å². The summed E-state index contributed by atoms with van der Waals surface area (Å²) in [5.74, 6) is -0.795. The van der Waals surface area contributed by atoms with Crippen molar-refractivity contribution < 1.29 is 19.4 Å². The number of rotatable bonds is 3. The van der Waals surface area contributed by atoms with Crippen molar-refractivity contribution in [2.75, 3.05) is 26.3 Å². The van der Waals surface area contributed by atoms with E-state index in [1.807, 2.05) is 6.92 Å². The number of ether oxygens (including phenoxy) is 1. The highest BCUT2D eigenvalue weighted by Gasteiger charge is 2.42. The van der Waals surface area contributed by atoms with E-state index in [4.69, 9.17) is 4.74 Å². The molecule has 0 bridgehead atoms. The van der Waals surface area contributed by atoms with E-state index in [9.17, 15) is 14.7 Å². The minimum atomic E-state index is -0.795. The van der Waals surface area contributed by atoms with E-state index in [1.165, 1.54) is 0 Å². The standard InChI is InChI=1S/C13H22N2O4/c1-2-13(11(16)17)5-3-6-15(9-13)12(18)14-10-4-7-19-8-10/h10H,2-9H2,1H3,(H,14,18)(H,16,17). The molecule has 6 heteroatoms. The monoisotopic (exact) mass is 270 g/mol. The van der Waals surface area contributed by atoms with Crippen LogP contribution >= 0.6 is 0 Å². The number of nitrogens with one attached hydrogen (secondary N) is 1.